The van der Waals surface area contributed by atoms with Crippen LogP contribution in [-0.2, 0) is 4.79 Å². The normalized spacial score (nSPS) is 10.4. The predicted octanol–water partition coefficient (Wildman–Crippen LogP) is 4.17. The van der Waals surface area contributed by atoms with Crippen LogP contribution < -0.4 is 10.1 Å². The number of carbonyl (C=O) groups excluding carboxylic acids is 1. The number of carboxylic acids is 1. The van der Waals surface area contributed by atoms with E-state index in [0.29, 0.717) is 29.2 Å². The maximum atomic E-state index is 12.0. The minimum absolute atomic E-state index is 0.0791. The molecule has 1 aromatic heterocycles. The molecule has 0 aliphatic carbocycles. The SMILES string of the molecule is CCCCCC(=O)Nc1cc(-c2ccc(C(=O)O)o2)ccc1OC. The Morgan fingerprint density at radius 3 is 2.62 bits per heavy atom. The quantitative estimate of drug-likeness (QED) is 0.709. The van der Waals surface area contributed by atoms with Crippen molar-refractivity contribution in [3.63, 3.8) is 0 Å². The summed E-state index contributed by atoms with van der Waals surface area (Å²) in [6, 6.07) is 8.14. The van der Waals surface area contributed by atoms with Crippen LogP contribution in [0.4, 0.5) is 5.69 Å². The number of aromatic carboxylic acids is 1. The zero-order chi connectivity index (χ0) is 17.5. The molecule has 0 radical (unpaired) electrons. The van der Waals surface area contributed by atoms with Crippen molar-refractivity contribution in [2.75, 3.05) is 12.4 Å². The molecular weight excluding hydrogens is 310 g/mol. The third kappa shape index (κ3) is 4.38. The van der Waals surface area contributed by atoms with Crippen molar-refractivity contribution in [2.45, 2.75) is 32.6 Å². The molecule has 2 rings (SSSR count). The summed E-state index contributed by atoms with van der Waals surface area (Å²) in [5.41, 5.74) is 1.19. The summed E-state index contributed by atoms with van der Waals surface area (Å²) in [4.78, 5) is 22.9. The van der Waals surface area contributed by atoms with Crippen molar-refractivity contribution in [1.82, 2.24) is 0 Å². The molecule has 2 N–H and O–H groups in total. The first-order chi connectivity index (χ1) is 11.5. The predicted molar refractivity (Wildman–Crippen MR) is 90.4 cm³/mol. The van der Waals surface area contributed by atoms with Gasteiger partial charge in [-0.3, -0.25) is 4.79 Å². The molecule has 24 heavy (non-hydrogen) atoms. The summed E-state index contributed by atoms with van der Waals surface area (Å²) >= 11 is 0. The first-order valence-electron chi connectivity index (χ1n) is 7.86. The van der Waals surface area contributed by atoms with E-state index >= 15 is 0 Å². The van der Waals surface area contributed by atoms with Crippen LogP contribution >= 0.6 is 0 Å². The number of carbonyl (C=O) groups is 2. The molecule has 0 saturated heterocycles. The number of anilines is 1. The van der Waals surface area contributed by atoms with Gasteiger partial charge in [-0.25, -0.2) is 4.79 Å². The topological polar surface area (TPSA) is 88.8 Å². The van der Waals surface area contributed by atoms with E-state index in [4.69, 9.17) is 14.3 Å². The Morgan fingerprint density at radius 2 is 2.00 bits per heavy atom. The highest BCUT2D eigenvalue weighted by atomic mass is 16.5. The van der Waals surface area contributed by atoms with Crippen molar-refractivity contribution in [1.29, 1.82) is 0 Å². The Bertz CT molecular complexity index is 720. The van der Waals surface area contributed by atoms with Crippen molar-refractivity contribution in [3.05, 3.63) is 36.1 Å². The molecule has 0 bridgehead atoms. The van der Waals surface area contributed by atoms with Crippen molar-refractivity contribution in [3.8, 4) is 17.1 Å². The van der Waals surface area contributed by atoms with E-state index in [9.17, 15) is 9.59 Å². The summed E-state index contributed by atoms with van der Waals surface area (Å²) < 4.78 is 10.6. The molecule has 1 heterocycles. The first-order valence-corrected chi connectivity index (χ1v) is 7.86. The number of unbranched alkanes of at least 4 members (excludes halogenated alkanes) is 2. The van der Waals surface area contributed by atoms with Gasteiger partial charge in [0, 0.05) is 12.0 Å². The highest BCUT2D eigenvalue weighted by Crippen LogP contribution is 2.31. The lowest BCUT2D eigenvalue weighted by Gasteiger charge is -2.11. The maximum Gasteiger partial charge on any atom is 0.371 e. The van der Waals surface area contributed by atoms with Crippen LogP contribution in [0.25, 0.3) is 11.3 Å². The number of methoxy groups -OCH3 is 1. The van der Waals surface area contributed by atoms with Gasteiger partial charge in [0.2, 0.25) is 11.7 Å². The Hall–Kier alpha value is -2.76. The van der Waals surface area contributed by atoms with Gasteiger partial charge in [0.1, 0.15) is 11.5 Å². The number of amides is 1. The fourth-order valence-electron chi connectivity index (χ4n) is 2.32. The summed E-state index contributed by atoms with van der Waals surface area (Å²) in [7, 11) is 1.52. The number of ether oxygens (including phenoxy) is 1. The second kappa shape index (κ2) is 8.19. The van der Waals surface area contributed by atoms with E-state index in [-0.39, 0.29) is 11.7 Å². The summed E-state index contributed by atoms with van der Waals surface area (Å²) in [5.74, 6) is -0.390. The monoisotopic (exact) mass is 331 g/mol. The smallest absolute Gasteiger partial charge is 0.371 e. The fourth-order valence-corrected chi connectivity index (χ4v) is 2.32. The molecule has 6 nitrogen and oxygen atoms in total. The number of carboxylic acid groups (broad SMARTS) is 1. The third-order valence-electron chi connectivity index (χ3n) is 3.58. The zero-order valence-electron chi connectivity index (χ0n) is 13.8. The summed E-state index contributed by atoms with van der Waals surface area (Å²) in [6.45, 7) is 2.08. The average Bonchev–Trinajstić information content (AvgIpc) is 3.05. The van der Waals surface area contributed by atoms with Gasteiger partial charge in [0.25, 0.3) is 0 Å². The lowest BCUT2D eigenvalue weighted by Crippen LogP contribution is -2.12. The molecule has 0 saturated carbocycles. The Balaban J connectivity index is 2.20. The molecule has 0 spiro atoms. The Labute approximate surface area is 140 Å². The van der Waals surface area contributed by atoms with E-state index in [2.05, 4.69) is 12.2 Å². The van der Waals surface area contributed by atoms with Gasteiger partial charge < -0.3 is 19.6 Å². The second-order valence-electron chi connectivity index (χ2n) is 5.39. The molecule has 1 aromatic carbocycles. The number of furan rings is 1. The Morgan fingerprint density at radius 1 is 1.21 bits per heavy atom. The minimum Gasteiger partial charge on any atom is -0.495 e. The van der Waals surface area contributed by atoms with Gasteiger partial charge in [-0.15, -0.1) is 0 Å². The van der Waals surface area contributed by atoms with Crippen LogP contribution in [0.1, 0.15) is 43.2 Å². The fraction of sp³-hybridized carbons (Fsp3) is 0.333. The van der Waals surface area contributed by atoms with Gasteiger partial charge >= 0.3 is 5.97 Å². The zero-order valence-corrected chi connectivity index (χ0v) is 13.8. The summed E-state index contributed by atoms with van der Waals surface area (Å²) in [6.07, 6.45) is 3.35. The molecule has 6 heteroatoms. The van der Waals surface area contributed by atoms with Gasteiger partial charge in [-0.1, -0.05) is 19.8 Å². The van der Waals surface area contributed by atoms with Crippen LogP contribution in [0.5, 0.6) is 5.75 Å². The van der Waals surface area contributed by atoms with E-state index in [1.165, 1.54) is 13.2 Å². The average molecular weight is 331 g/mol. The summed E-state index contributed by atoms with van der Waals surface area (Å²) in [5, 5.41) is 11.8. The molecule has 1 amide bonds. The van der Waals surface area contributed by atoms with Gasteiger partial charge in [0.15, 0.2) is 0 Å². The number of hydrogen-bond donors (Lipinski definition) is 2. The number of benzene rings is 1. The van der Waals surface area contributed by atoms with Crippen LogP contribution in [0, 0.1) is 0 Å². The first kappa shape index (κ1) is 17.6. The number of hydrogen-bond acceptors (Lipinski definition) is 4. The van der Waals surface area contributed by atoms with Crippen LogP contribution in [-0.4, -0.2) is 24.1 Å². The second-order valence-corrected chi connectivity index (χ2v) is 5.39. The van der Waals surface area contributed by atoms with Crippen LogP contribution in [0.3, 0.4) is 0 Å². The number of nitrogens with one attached hydrogen (secondary N) is 1. The third-order valence-corrected chi connectivity index (χ3v) is 3.58. The van der Waals surface area contributed by atoms with Gasteiger partial charge in [-0.05, 0) is 36.8 Å². The lowest BCUT2D eigenvalue weighted by atomic mass is 10.1. The number of rotatable bonds is 8. The van der Waals surface area contributed by atoms with Crippen LogP contribution in [0.2, 0.25) is 0 Å². The van der Waals surface area contributed by atoms with E-state index in [1.54, 1.807) is 24.3 Å². The van der Waals surface area contributed by atoms with Crippen LogP contribution in [0.15, 0.2) is 34.7 Å². The van der Waals surface area contributed by atoms with E-state index in [0.717, 1.165) is 19.3 Å². The van der Waals surface area contributed by atoms with Gasteiger partial charge in [-0.2, -0.15) is 0 Å². The van der Waals surface area contributed by atoms with Crippen molar-refractivity contribution >= 4 is 17.6 Å². The van der Waals surface area contributed by atoms with Crippen molar-refractivity contribution in [2.24, 2.45) is 0 Å². The highest BCUT2D eigenvalue weighted by Gasteiger charge is 2.13. The Kier molecular flexibility index (Phi) is 6.01. The molecule has 0 unspecified atom stereocenters. The highest BCUT2D eigenvalue weighted by molar-refractivity contribution is 5.93. The largest absolute Gasteiger partial charge is 0.495 e. The maximum absolute atomic E-state index is 12.0. The molecule has 0 aliphatic rings. The standard InChI is InChI=1S/C18H21NO5/c1-3-4-5-6-17(20)19-13-11-12(7-8-15(13)23-2)14-9-10-16(24-14)18(21)22/h7-11H,3-6H2,1-2H3,(H,19,20)(H,21,22). The van der Waals surface area contributed by atoms with Crippen molar-refractivity contribution < 1.29 is 23.8 Å². The molecule has 0 atom stereocenters. The van der Waals surface area contributed by atoms with E-state index in [1.807, 2.05) is 0 Å². The molecule has 0 aliphatic heterocycles. The van der Waals surface area contributed by atoms with Gasteiger partial charge in [0.05, 0.1) is 12.8 Å². The molecule has 128 valence electrons. The minimum atomic E-state index is -1.13. The lowest BCUT2D eigenvalue weighted by molar-refractivity contribution is -0.116. The molecule has 0 fully saturated rings. The van der Waals surface area contributed by atoms with E-state index < -0.39 is 5.97 Å². The molecular formula is C18H21NO5. The molecule has 2 aromatic rings.